The molecule has 2 aromatic carbocycles. The first-order valence-corrected chi connectivity index (χ1v) is 13.2. The van der Waals surface area contributed by atoms with Crippen molar-refractivity contribution in [1.29, 1.82) is 0 Å². The number of benzene rings is 2. The zero-order valence-corrected chi connectivity index (χ0v) is 19.5. The molecule has 0 saturated carbocycles. The van der Waals surface area contributed by atoms with Crippen LogP contribution >= 0.6 is 11.6 Å². The summed E-state index contributed by atoms with van der Waals surface area (Å²) in [5, 5.41) is 3.14. The van der Waals surface area contributed by atoms with E-state index in [0.29, 0.717) is 10.6 Å². The normalized spacial score (nSPS) is 17.3. The van der Waals surface area contributed by atoms with Gasteiger partial charge in [0.2, 0.25) is 5.91 Å². The molecule has 0 spiro atoms. The number of nitrogens with zero attached hydrogens (tertiary/aromatic N) is 1. The largest absolute Gasteiger partial charge is 0.354 e. The van der Waals surface area contributed by atoms with Gasteiger partial charge in [-0.3, -0.25) is 9.69 Å². The molecular weight excluding hydrogens is 451 g/mol. The van der Waals surface area contributed by atoms with E-state index in [1.807, 2.05) is 6.07 Å². The third-order valence-corrected chi connectivity index (χ3v) is 8.48. The summed E-state index contributed by atoms with van der Waals surface area (Å²) in [6.45, 7) is 1.79. The fourth-order valence-corrected chi connectivity index (χ4v) is 6.26. The number of carbonyl (C=O) groups excluding carboxylic acids is 1. The van der Waals surface area contributed by atoms with Crippen molar-refractivity contribution in [3.8, 4) is 0 Å². The Kier molecular flexibility index (Phi) is 7.17. The molecule has 1 N–H and O–H groups in total. The molecule has 8 heteroatoms. The van der Waals surface area contributed by atoms with E-state index < -0.39 is 15.7 Å². The number of hydrogen-bond acceptors (Lipinski definition) is 4. The molecular formula is C24H28ClFN2O3S. The van der Waals surface area contributed by atoms with Gasteiger partial charge in [0.25, 0.3) is 0 Å². The standard InChI is InChI=1S/C24H28ClFN2O3S/c25-20-7-4-8-21(26)24(20)22(28-12-1-2-13-28)16-27-23(29)11-14-32(30,31)19-10-9-17-5-3-6-18(17)15-19/h4,7-10,15,22H,1-3,5-6,11-14,16H2,(H,27,29). The number of hydrogen-bond donors (Lipinski definition) is 1. The quantitative estimate of drug-likeness (QED) is 0.620. The topological polar surface area (TPSA) is 66.5 Å². The smallest absolute Gasteiger partial charge is 0.221 e. The highest BCUT2D eigenvalue weighted by Gasteiger charge is 2.28. The number of carbonyl (C=O) groups is 1. The van der Waals surface area contributed by atoms with E-state index in [0.717, 1.165) is 50.8 Å². The molecule has 32 heavy (non-hydrogen) atoms. The summed E-state index contributed by atoms with van der Waals surface area (Å²) < 4.78 is 40.0. The van der Waals surface area contributed by atoms with Gasteiger partial charge in [0.1, 0.15) is 5.82 Å². The lowest BCUT2D eigenvalue weighted by atomic mass is 10.0. The highest BCUT2D eigenvalue weighted by molar-refractivity contribution is 7.91. The van der Waals surface area contributed by atoms with E-state index in [1.54, 1.807) is 24.3 Å². The number of sulfone groups is 1. The van der Waals surface area contributed by atoms with Gasteiger partial charge in [-0.05, 0) is 80.6 Å². The van der Waals surface area contributed by atoms with E-state index in [-0.39, 0.29) is 35.6 Å². The van der Waals surface area contributed by atoms with Gasteiger partial charge < -0.3 is 5.32 Å². The first kappa shape index (κ1) is 23.2. The van der Waals surface area contributed by atoms with Crippen LogP contribution < -0.4 is 5.32 Å². The van der Waals surface area contributed by atoms with Crippen LogP contribution in [0.3, 0.4) is 0 Å². The van der Waals surface area contributed by atoms with Gasteiger partial charge in [-0.15, -0.1) is 0 Å². The Hall–Kier alpha value is -1.96. The number of nitrogens with one attached hydrogen (secondary N) is 1. The second-order valence-electron chi connectivity index (χ2n) is 8.55. The first-order valence-electron chi connectivity index (χ1n) is 11.1. The molecule has 2 aliphatic rings. The first-order chi connectivity index (χ1) is 15.3. The van der Waals surface area contributed by atoms with Crippen LogP contribution in [0.2, 0.25) is 5.02 Å². The number of amides is 1. The second-order valence-corrected chi connectivity index (χ2v) is 11.1. The average Bonchev–Trinajstić information content (AvgIpc) is 3.45. The minimum atomic E-state index is -3.55. The number of halogens is 2. The van der Waals surface area contributed by atoms with Crippen LogP contribution in [0, 0.1) is 5.82 Å². The molecule has 1 saturated heterocycles. The molecule has 1 unspecified atom stereocenters. The van der Waals surface area contributed by atoms with Crippen LogP contribution in [-0.4, -0.2) is 44.6 Å². The van der Waals surface area contributed by atoms with Crippen molar-refractivity contribution in [2.45, 2.75) is 49.5 Å². The minimum Gasteiger partial charge on any atom is -0.354 e. The van der Waals surface area contributed by atoms with Gasteiger partial charge in [0.05, 0.1) is 16.7 Å². The molecule has 0 aromatic heterocycles. The van der Waals surface area contributed by atoms with E-state index >= 15 is 0 Å². The lowest BCUT2D eigenvalue weighted by molar-refractivity contribution is -0.120. The molecule has 1 amide bonds. The van der Waals surface area contributed by atoms with E-state index in [4.69, 9.17) is 11.6 Å². The Bertz CT molecular complexity index is 1080. The van der Waals surface area contributed by atoms with Gasteiger partial charge in [0, 0.05) is 23.6 Å². The third-order valence-electron chi connectivity index (χ3n) is 6.43. The molecule has 1 aliphatic carbocycles. The zero-order chi connectivity index (χ0) is 22.7. The van der Waals surface area contributed by atoms with Gasteiger partial charge in [-0.1, -0.05) is 23.7 Å². The maximum Gasteiger partial charge on any atom is 0.221 e. The van der Waals surface area contributed by atoms with Crippen molar-refractivity contribution < 1.29 is 17.6 Å². The Morgan fingerprint density at radius 2 is 1.84 bits per heavy atom. The van der Waals surface area contributed by atoms with Crippen LogP contribution in [0.25, 0.3) is 0 Å². The molecule has 172 valence electrons. The van der Waals surface area contributed by atoms with Crippen molar-refractivity contribution in [2.75, 3.05) is 25.4 Å². The molecule has 2 aromatic rings. The van der Waals surface area contributed by atoms with E-state index in [2.05, 4.69) is 10.2 Å². The Morgan fingerprint density at radius 1 is 1.09 bits per heavy atom. The predicted octanol–water partition coefficient (Wildman–Crippen LogP) is 4.08. The number of likely N-dealkylation sites (tertiary alicyclic amines) is 1. The monoisotopic (exact) mass is 478 g/mol. The van der Waals surface area contributed by atoms with Crippen LogP contribution in [0.1, 0.15) is 48.4 Å². The SMILES string of the molecule is O=C(CCS(=O)(=O)c1ccc2c(c1)CCC2)NCC(c1c(F)cccc1Cl)N1CCCC1. The molecule has 0 bridgehead atoms. The molecule has 0 radical (unpaired) electrons. The molecule has 1 fully saturated rings. The fraction of sp³-hybridized carbons (Fsp3) is 0.458. The highest BCUT2D eigenvalue weighted by Crippen LogP contribution is 2.32. The second kappa shape index (κ2) is 9.89. The minimum absolute atomic E-state index is 0.142. The molecule has 1 aliphatic heterocycles. The molecule has 1 heterocycles. The summed E-state index contributed by atoms with van der Waals surface area (Å²) in [7, 11) is -3.55. The maximum absolute atomic E-state index is 14.6. The Balaban J connectivity index is 1.39. The maximum atomic E-state index is 14.6. The van der Waals surface area contributed by atoms with Crippen molar-refractivity contribution in [3.63, 3.8) is 0 Å². The molecule has 5 nitrogen and oxygen atoms in total. The Labute approximate surface area is 193 Å². The highest BCUT2D eigenvalue weighted by atomic mass is 35.5. The molecule has 1 atom stereocenters. The van der Waals surface area contributed by atoms with Gasteiger partial charge in [-0.25, -0.2) is 12.8 Å². The van der Waals surface area contributed by atoms with Gasteiger partial charge in [0.15, 0.2) is 9.84 Å². The van der Waals surface area contributed by atoms with E-state index in [9.17, 15) is 17.6 Å². The van der Waals surface area contributed by atoms with Crippen LogP contribution in [0.5, 0.6) is 0 Å². The van der Waals surface area contributed by atoms with Crippen LogP contribution in [-0.2, 0) is 27.5 Å². The summed E-state index contributed by atoms with van der Waals surface area (Å²) in [4.78, 5) is 14.9. The summed E-state index contributed by atoms with van der Waals surface area (Å²) in [6.07, 6.45) is 4.81. The van der Waals surface area contributed by atoms with Crippen molar-refractivity contribution in [2.24, 2.45) is 0 Å². The van der Waals surface area contributed by atoms with Crippen molar-refractivity contribution in [1.82, 2.24) is 10.2 Å². The molecule has 4 rings (SSSR count). The summed E-state index contributed by atoms with van der Waals surface area (Å²) >= 11 is 6.29. The van der Waals surface area contributed by atoms with Crippen LogP contribution in [0.4, 0.5) is 4.39 Å². The number of rotatable bonds is 8. The number of aryl methyl sites for hydroxylation is 2. The summed E-state index contributed by atoms with van der Waals surface area (Å²) in [5.41, 5.74) is 2.68. The third kappa shape index (κ3) is 5.16. The number of fused-ring (bicyclic) bond motifs is 1. The fourth-order valence-electron chi connectivity index (χ4n) is 4.68. The summed E-state index contributed by atoms with van der Waals surface area (Å²) in [6, 6.07) is 9.46. The van der Waals surface area contributed by atoms with Crippen molar-refractivity contribution in [3.05, 3.63) is 63.9 Å². The van der Waals surface area contributed by atoms with Gasteiger partial charge in [-0.2, -0.15) is 0 Å². The van der Waals surface area contributed by atoms with Crippen molar-refractivity contribution >= 4 is 27.3 Å². The van der Waals surface area contributed by atoms with E-state index in [1.165, 1.54) is 11.6 Å². The predicted molar refractivity (Wildman–Crippen MR) is 123 cm³/mol. The average molecular weight is 479 g/mol. The zero-order valence-electron chi connectivity index (χ0n) is 17.9. The Morgan fingerprint density at radius 3 is 2.59 bits per heavy atom. The van der Waals surface area contributed by atoms with Crippen LogP contribution in [0.15, 0.2) is 41.3 Å². The summed E-state index contributed by atoms with van der Waals surface area (Å²) in [5.74, 6) is -1.03. The van der Waals surface area contributed by atoms with Gasteiger partial charge >= 0.3 is 0 Å². The lowest BCUT2D eigenvalue weighted by Gasteiger charge is -2.29. The lowest BCUT2D eigenvalue weighted by Crippen LogP contribution is -2.37.